The van der Waals surface area contributed by atoms with Crippen LogP contribution in [0.3, 0.4) is 0 Å². The summed E-state index contributed by atoms with van der Waals surface area (Å²) in [5, 5.41) is 5.29. The summed E-state index contributed by atoms with van der Waals surface area (Å²) in [4.78, 5) is 22.8. The molecule has 84 valence electrons. The van der Waals surface area contributed by atoms with Gasteiger partial charge in [0.15, 0.2) is 0 Å². The van der Waals surface area contributed by atoms with Crippen molar-refractivity contribution in [2.24, 2.45) is 11.8 Å². The fourth-order valence-corrected chi connectivity index (χ4v) is 2.92. The Labute approximate surface area is 94.5 Å². The van der Waals surface area contributed by atoms with Gasteiger partial charge < -0.3 is 5.32 Å². The molecule has 0 aromatic carbocycles. The van der Waals surface area contributed by atoms with Crippen molar-refractivity contribution in [2.75, 3.05) is 0 Å². The first-order valence-corrected chi connectivity index (χ1v) is 5.30. The molecule has 0 radical (unpaired) electrons. The molecule has 1 unspecified atom stereocenters. The lowest BCUT2D eigenvalue weighted by molar-refractivity contribution is -0.124. The predicted octanol–water partition coefficient (Wildman–Crippen LogP) is 0.164. The number of amides is 2. The molecule has 0 heterocycles. The molecule has 0 aromatic rings. The van der Waals surface area contributed by atoms with E-state index in [2.05, 4.69) is 23.3 Å². The summed E-state index contributed by atoms with van der Waals surface area (Å²) in [6, 6.07) is 2.14. The maximum absolute atomic E-state index is 11.6. The fourth-order valence-electron chi connectivity index (χ4n) is 2.92. The van der Waals surface area contributed by atoms with Crippen LogP contribution in [0.25, 0.3) is 0 Å². The maximum atomic E-state index is 11.6. The molecular formula is C12H14N2O2. The SMILES string of the molecule is C#CNC(=O)C1CC2(NC(=O)C=C)CC1C2. The third kappa shape index (κ3) is 1.58. The molecule has 0 aliphatic heterocycles. The molecule has 2 amide bonds. The average Bonchev–Trinajstić information content (AvgIpc) is 2.72. The van der Waals surface area contributed by atoms with Gasteiger partial charge in [0.1, 0.15) is 0 Å². The van der Waals surface area contributed by atoms with Gasteiger partial charge in [-0.3, -0.25) is 14.9 Å². The Kier molecular flexibility index (Phi) is 2.47. The molecule has 3 rings (SSSR count). The monoisotopic (exact) mass is 218 g/mol. The minimum Gasteiger partial charge on any atom is -0.347 e. The Balaban J connectivity index is 1.97. The van der Waals surface area contributed by atoms with Crippen molar-refractivity contribution in [3.05, 3.63) is 12.7 Å². The molecule has 0 saturated heterocycles. The molecule has 2 bridgehead atoms. The van der Waals surface area contributed by atoms with E-state index in [1.807, 2.05) is 0 Å². The third-order valence-electron chi connectivity index (χ3n) is 3.59. The second-order valence-electron chi connectivity index (χ2n) is 4.59. The minimum absolute atomic E-state index is 0.0545. The van der Waals surface area contributed by atoms with Crippen molar-refractivity contribution in [2.45, 2.75) is 24.8 Å². The van der Waals surface area contributed by atoms with Crippen molar-refractivity contribution >= 4 is 11.8 Å². The average molecular weight is 218 g/mol. The van der Waals surface area contributed by atoms with Gasteiger partial charge in [0, 0.05) is 17.5 Å². The third-order valence-corrected chi connectivity index (χ3v) is 3.59. The minimum atomic E-state index is -0.188. The normalized spacial score (nSPS) is 34.4. The molecule has 3 aliphatic carbocycles. The summed E-state index contributed by atoms with van der Waals surface area (Å²) in [5.74, 6) is 0.0378. The molecule has 0 spiro atoms. The van der Waals surface area contributed by atoms with Crippen LogP contribution in [0.2, 0.25) is 0 Å². The van der Waals surface area contributed by atoms with Gasteiger partial charge in [0.05, 0.1) is 0 Å². The van der Waals surface area contributed by atoms with E-state index >= 15 is 0 Å². The summed E-state index contributed by atoms with van der Waals surface area (Å²) < 4.78 is 0. The van der Waals surface area contributed by atoms with Crippen molar-refractivity contribution in [1.82, 2.24) is 10.6 Å². The summed E-state index contributed by atoms with van der Waals surface area (Å²) in [6.45, 7) is 3.42. The molecule has 2 N–H and O–H groups in total. The van der Waals surface area contributed by atoms with Crippen molar-refractivity contribution < 1.29 is 9.59 Å². The molecule has 3 aliphatic rings. The van der Waals surface area contributed by atoms with E-state index in [4.69, 9.17) is 6.42 Å². The zero-order valence-corrected chi connectivity index (χ0v) is 8.95. The van der Waals surface area contributed by atoms with Gasteiger partial charge in [-0.25, -0.2) is 0 Å². The first-order valence-electron chi connectivity index (χ1n) is 5.30. The highest BCUT2D eigenvalue weighted by Gasteiger charge is 2.58. The first kappa shape index (κ1) is 10.7. The molecule has 3 saturated carbocycles. The largest absolute Gasteiger partial charge is 0.347 e. The van der Waals surface area contributed by atoms with Gasteiger partial charge in [-0.15, -0.1) is 0 Å². The van der Waals surface area contributed by atoms with Crippen LogP contribution in [-0.4, -0.2) is 17.4 Å². The molecular weight excluding hydrogens is 204 g/mol. The van der Waals surface area contributed by atoms with E-state index in [0.717, 1.165) is 12.8 Å². The molecule has 4 nitrogen and oxygen atoms in total. The van der Waals surface area contributed by atoms with Crippen LogP contribution in [0.5, 0.6) is 0 Å². The van der Waals surface area contributed by atoms with Crippen LogP contribution in [0, 0.1) is 24.3 Å². The van der Waals surface area contributed by atoms with Gasteiger partial charge in [-0.1, -0.05) is 13.0 Å². The lowest BCUT2D eigenvalue weighted by atomic mass is 9.76. The van der Waals surface area contributed by atoms with E-state index < -0.39 is 0 Å². The van der Waals surface area contributed by atoms with Gasteiger partial charge >= 0.3 is 0 Å². The smallest absolute Gasteiger partial charge is 0.243 e. The lowest BCUT2D eigenvalue weighted by Gasteiger charge is -2.38. The van der Waals surface area contributed by atoms with Gasteiger partial charge in [-0.05, 0) is 31.3 Å². The van der Waals surface area contributed by atoms with Gasteiger partial charge in [0.25, 0.3) is 0 Å². The van der Waals surface area contributed by atoms with Gasteiger partial charge in [-0.2, -0.15) is 0 Å². The number of nitrogens with one attached hydrogen (secondary N) is 2. The Hall–Kier alpha value is -1.76. The second-order valence-corrected chi connectivity index (χ2v) is 4.59. The summed E-state index contributed by atoms with van der Waals surface area (Å²) in [6.07, 6.45) is 8.71. The van der Waals surface area contributed by atoms with Crippen LogP contribution in [0.15, 0.2) is 12.7 Å². The standard InChI is InChI=1S/C12H14N2O2/c1-3-10(15)14-12-5-8(6-12)9(7-12)11(16)13-4-2/h2-3,8-9H,1,5-7H2,(H,13,16)(H,14,15). The lowest BCUT2D eigenvalue weighted by Crippen LogP contribution is -2.51. The predicted molar refractivity (Wildman–Crippen MR) is 58.9 cm³/mol. The van der Waals surface area contributed by atoms with Crippen LogP contribution < -0.4 is 10.6 Å². The number of hydrogen-bond acceptors (Lipinski definition) is 2. The number of rotatable bonds is 3. The summed E-state index contributed by atoms with van der Waals surface area (Å²) in [5.41, 5.74) is -0.188. The maximum Gasteiger partial charge on any atom is 0.243 e. The van der Waals surface area contributed by atoms with E-state index in [1.54, 1.807) is 0 Å². The van der Waals surface area contributed by atoms with E-state index in [9.17, 15) is 9.59 Å². The molecule has 0 aromatic heterocycles. The summed E-state index contributed by atoms with van der Waals surface area (Å²) in [7, 11) is 0. The van der Waals surface area contributed by atoms with Crippen molar-refractivity contribution in [3.8, 4) is 12.5 Å². The number of carbonyl (C=O) groups excluding carboxylic acids is 2. The number of hydrogen-bond donors (Lipinski definition) is 2. The molecule has 3 fully saturated rings. The zero-order valence-electron chi connectivity index (χ0n) is 8.95. The van der Waals surface area contributed by atoms with Crippen LogP contribution in [0.1, 0.15) is 19.3 Å². The number of terminal acetylenes is 1. The van der Waals surface area contributed by atoms with E-state index in [1.165, 1.54) is 6.08 Å². The molecule has 1 atom stereocenters. The van der Waals surface area contributed by atoms with Crippen LogP contribution in [-0.2, 0) is 9.59 Å². The molecule has 4 heteroatoms. The highest BCUT2D eigenvalue weighted by molar-refractivity contribution is 5.88. The van der Waals surface area contributed by atoms with Crippen molar-refractivity contribution in [1.29, 1.82) is 0 Å². The van der Waals surface area contributed by atoms with E-state index in [0.29, 0.717) is 12.3 Å². The number of fused-ring (bicyclic) bond motifs is 1. The second kappa shape index (κ2) is 3.67. The van der Waals surface area contributed by atoms with E-state index in [-0.39, 0.29) is 23.3 Å². The van der Waals surface area contributed by atoms with Crippen LogP contribution in [0.4, 0.5) is 0 Å². The quantitative estimate of drug-likeness (QED) is 0.403. The Bertz CT molecular complexity index is 388. The Morgan fingerprint density at radius 3 is 2.69 bits per heavy atom. The van der Waals surface area contributed by atoms with Crippen molar-refractivity contribution in [3.63, 3.8) is 0 Å². The molecule has 16 heavy (non-hydrogen) atoms. The number of carbonyl (C=O) groups is 2. The van der Waals surface area contributed by atoms with Gasteiger partial charge in [0.2, 0.25) is 11.8 Å². The topological polar surface area (TPSA) is 58.2 Å². The Morgan fingerprint density at radius 2 is 2.12 bits per heavy atom. The van der Waals surface area contributed by atoms with Crippen LogP contribution >= 0.6 is 0 Å². The fraction of sp³-hybridized carbons (Fsp3) is 0.500. The highest BCUT2D eigenvalue weighted by atomic mass is 16.2. The first-order chi connectivity index (χ1) is 7.60. The highest BCUT2D eigenvalue weighted by Crippen LogP contribution is 2.55. The Morgan fingerprint density at radius 1 is 1.44 bits per heavy atom. The summed E-state index contributed by atoms with van der Waals surface area (Å²) >= 11 is 0. The zero-order chi connectivity index (χ0) is 11.8.